The fourth-order valence-electron chi connectivity index (χ4n) is 1.70. The number of rotatable bonds is 2. The molecule has 1 saturated heterocycles. The number of halogens is 1. The van der Waals surface area contributed by atoms with Gasteiger partial charge in [-0.15, -0.1) is 0 Å². The molecule has 0 spiro atoms. The molecule has 1 heterocycles. The summed E-state index contributed by atoms with van der Waals surface area (Å²) < 4.78 is 0.795. The van der Waals surface area contributed by atoms with Crippen LogP contribution in [-0.4, -0.2) is 28.5 Å². The van der Waals surface area contributed by atoms with E-state index in [1.807, 2.05) is 0 Å². The molecule has 0 aromatic carbocycles. The van der Waals surface area contributed by atoms with Crippen molar-refractivity contribution in [2.45, 2.75) is 37.5 Å². The summed E-state index contributed by atoms with van der Waals surface area (Å²) in [6.45, 7) is 11.0. The minimum atomic E-state index is 0.602. The number of alkyl halides is 1. The first kappa shape index (κ1) is 10.8. The first-order chi connectivity index (χ1) is 5.49. The second kappa shape index (κ2) is 4.27. The zero-order valence-electron chi connectivity index (χ0n) is 8.44. The summed E-state index contributed by atoms with van der Waals surface area (Å²) in [5.41, 5.74) is 0.602. The summed E-state index contributed by atoms with van der Waals surface area (Å²) >= 11 is 2.51. The number of piperidine rings is 1. The highest BCUT2D eigenvalue weighted by molar-refractivity contribution is 14.1. The monoisotopic (exact) mass is 281 g/mol. The van der Waals surface area contributed by atoms with Crippen LogP contribution in [-0.2, 0) is 0 Å². The molecule has 0 bridgehead atoms. The van der Waals surface area contributed by atoms with Gasteiger partial charge in [0.1, 0.15) is 0 Å². The Bertz CT molecular complexity index is 133. The van der Waals surface area contributed by atoms with Gasteiger partial charge in [0, 0.05) is 10.5 Å². The zero-order valence-corrected chi connectivity index (χ0v) is 10.6. The van der Waals surface area contributed by atoms with Crippen molar-refractivity contribution in [2.24, 2.45) is 5.41 Å². The molecule has 0 aromatic rings. The largest absolute Gasteiger partial charge is 0.302 e. The molecule has 12 heavy (non-hydrogen) atoms. The maximum absolute atomic E-state index is 2.60. The van der Waals surface area contributed by atoms with Gasteiger partial charge in [-0.1, -0.05) is 43.4 Å². The zero-order chi connectivity index (χ0) is 9.19. The predicted molar refractivity (Wildman–Crippen MR) is 62.9 cm³/mol. The highest BCUT2D eigenvalue weighted by Gasteiger charge is 2.25. The van der Waals surface area contributed by atoms with Crippen LogP contribution in [0.5, 0.6) is 0 Å². The Morgan fingerprint density at radius 3 is 2.25 bits per heavy atom. The second-order valence-electron chi connectivity index (χ2n) is 4.75. The summed E-state index contributed by atoms with van der Waals surface area (Å²) in [7, 11) is 0. The van der Waals surface area contributed by atoms with E-state index in [1.165, 1.54) is 32.5 Å². The molecule has 0 amide bonds. The third-order valence-corrected chi connectivity index (χ3v) is 3.11. The summed E-state index contributed by atoms with van der Waals surface area (Å²) in [5.74, 6) is 0. The van der Waals surface area contributed by atoms with E-state index in [0.29, 0.717) is 5.41 Å². The molecular formula is C10H20IN. The Balaban J connectivity index is 2.27. The van der Waals surface area contributed by atoms with Crippen LogP contribution in [0.1, 0.15) is 33.6 Å². The molecule has 1 rings (SSSR count). The minimum absolute atomic E-state index is 0.602. The Kier molecular flexibility index (Phi) is 3.83. The van der Waals surface area contributed by atoms with Crippen LogP contribution >= 0.6 is 22.6 Å². The van der Waals surface area contributed by atoms with Gasteiger partial charge < -0.3 is 4.90 Å². The van der Waals surface area contributed by atoms with Crippen LogP contribution in [0.25, 0.3) is 0 Å². The van der Waals surface area contributed by atoms with E-state index >= 15 is 0 Å². The van der Waals surface area contributed by atoms with Crippen molar-refractivity contribution in [2.75, 3.05) is 19.6 Å². The molecule has 1 aliphatic heterocycles. The van der Waals surface area contributed by atoms with E-state index < -0.39 is 0 Å². The van der Waals surface area contributed by atoms with Crippen LogP contribution in [0.15, 0.2) is 0 Å². The summed E-state index contributed by atoms with van der Waals surface area (Å²) in [5, 5.41) is 0. The molecule has 1 nitrogen and oxygen atoms in total. The van der Waals surface area contributed by atoms with Gasteiger partial charge in [-0.2, -0.15) is 0 Å². The van der Waals surface area contributed by atoms with Gasteiger partial charge in [-0.05, 0) is 31.3 Å². The highest BCUT2D eigenvalue weighted by Crippen LogP contribution is 2.29. The summed E-state index contributed by atoms with van der Waals surface area (Å²) in [6, 6.07) is 0. The maximum atomic E-state index is 2.60. The standard InChI is InChI=1S/C10H20IN/c1-9(11)8-12-6-4-10(2,3)5-7-12/h9H,4-8H2,1-3H3. The van der Waals surface area contributed by atoms with Crippen LogP contribution < -0.4 is 0 Å². The lowest BCUT2D eigenvalue weighted by Crippen LogP contribution is -2.39. The lowest BCUT2D eigenvalue weighted by atomic mass is 9.83. The molecule has 0 radical (unpaired) electrons. The molecule has 1 unspecified atom stereocenters. The Hall–Kier alpha value is 0.690. The fourth-order valence-corrected chi connectivity index (χ4v) is 2.25. The van der Waals surface area contributed by atoms with Crippen molar-refractivity contribution in [1.29, 1.82) is 0 Å². The first-order valence-electron chi connectivity index (χ1n) is 4.86. The maximum Gasteiger partial charge on any atom is 0.0209 e. The Morgan fingerprint density at radius 2 is 1.83 bits per heavy atom. The van der Waals surface area contributed by atoms with Crippen molar-refractivity contribution in [3.05, 3.63) is 0 Å². The van der Waals surface area contributed by atoms with Crippen molar-refractivity contribution in [3.63, 3.8) is 0 Å². The van der Waals surface area contributed by atoms with E-state index in [4.69, 9.17) is 0 Å². The van der Waals surface area contributed by atoms with Crippen LogP contribution in [0.2, 0.25) is 0 Å². The molecule has 0 aliphatic carbocycles. The minimum Gasteiger partial charge on any atom is -0.302 e. The van der Waals surface area contributed by atoms with E-state index in [-0.39, 0.29) is 0 Å². The number of likely N-dealkylation sites (tertiary alicyclic amines) is 1. The second-order valence-corrected chi connectivity index (χ2v) is 6.87. The predicted octanol–water partition coefficient (Wildman–Crippen LogP) is 2.93. The molecule has 1 aliphatic rings. The Labute approximate surface area is 90.0 Å². The molecule has 1 atom stereocenters. The van der Waals surface area contributed by atoms with E-state index in [0.717, 1.165) is 3.92 Å². The molecule has 0 saturated carbocycles. The lowest BCUT2D eigenvalue weighted by Gasteiger charge is -2.37. The number of hydrogen-bond acceptors (Lipinski definition) is 1. The topological polar surface area (TPSA) is 3.24 Å². The number of nitrogens with zero attached hydrogens (tertiary/aromatic N) is 1. The van der Waals surface area contributed by atoms with Gasteiger partial charge in [0.15, 0.2) is 0 Å². The first-order valence-corrected chi connectivity index (χ1v) is 6.11. The molecule has 2 heteroatoms. The van der Waals surface area contributed by atoms with E-state index in [1.54, 1.807) is 0 Å². The van der Waals surface area contributed by atoms with E-state index in [2.05, 4.69) is 48.3 Å². The van der Waals surface area contributed by atoms with Gasteiger partial charge >= 0.3 is 0 Å². The normalized spacial score (nSPS) is 27.0. The smallest absolute Gasteiger partial charge is 0.0209 e. The molecule has 0 aromatic heterocycles. The van der Waals surface area contributed by atoms with Gasteiger partial charge in [0.05, 0.1) is 0 Å². The van der Waals surface area contributed by atoms with Gasteiger partial charge in [0.2, 0.25) is 0 Å². The SMILES string of the molecule is CC(I)CN1CCC(C)(C)CC1. The third kappa shape index (κ3) is 3.60. The van der Waals surface area contributed by atoms with Crippen LogP contribution in [0.3, 0.4) is 0 Å². The van der Waals surface area contributed by atoms with Gasteiger partial charge in [-0.3, -0.25) is 0 Å². The number of hydrogen-bond donors (Lipinski definition) is 0. The lowest BCUT2D eigenvalue weighted by molar-refractivity contribution is 0.135. The van der Waals surface area contributed by atoms with Crippen molar-refractivity contribution in [3.8, 4) is 0 Å². The van der Waals surface area contributed by atoms with E-state index in [9.17, 15) is 0 Å². The summed E-state index contributed by atoms with van der Waals surface area (Å²) in [6.07, 6.45) is 2.74. The highest BCUT2D eigenvalue weighted by atomic mass is 127. The Morgan fingerprint density at radius 1 is 1.33 bits per heavy atom. The molecule has 1 fully saturated rings. The molecule has 72 valence electrons. The van der Waals surface area contributed by atoms with Crippen LogP contribution in [0, 0.1) is 5.41 Å². The molecule has 0 N–H and O–H groups in total. The third-order valence-electron chi connectivity index (χ3n) is 2.72. The summed E-state index contributed by atoms with van der Waals surface area (Å²) in [4.78, 5) is 2.60. The van der Waals surface area contributed by atoms with Gasteiger partial charge in [0.25, 0.3) is 0 Å². The van der Waals surface area contributed by atoms with Crippen LogP contribution in [0.4, 0.5) is 0 Å². The van der Waals surface area contributed by atoms with Crippen molar-refractivity contribution >= 4 is 22.6 Å². The average molecular weight is 281 g/mol. The average Bonchev–Trinajstić information content (AvgIpc) is 1.93. The van der Waals surface area contributed by atoms with Crippen molar-refractivity contribution in [1.82, 2.24) is 4.90 Å². The van der Waals surface area contributed by atoms with Crippen molar-refractivity contribution < 1.29 is 0 Å². The molecular weight excluding hydrogens is 261 g/mol. The quantitative estimate of drug-likeness (QED) is 0.555. The fraction of sp³-hybridized carbons (Fsp3) is 1.00. The van der Waals surface area contributed by atoms with Gasteiger partial charge in [-0.25, -0.2) is 0 Å².